The van der Waals surface area contributed by atoms with Crippen molar-refractivity contribution in [2.24, 2.45) is 0 Å². The fourth-order valence-electron chi connectivity index (χ4n) is 4.03. The van der Waals surface area contributed by atoms with Crippen LogP contribution >= 0.6 is 23.2 Å². The van der Waals surface area contributed by atoms with Crippen LogP contribution in [0.2, 0.25) is 10.0 Å². The molecule has 11 heteroatoms. The predicted molar refractivity (Wildman–Crippen MR) is 163 cm³/mol. The maximum absolute atomic E-state index is 14.0. The number of carbonyl (C=O) groups excluding carboxylic acids is 2. The van der Waals surface area contributed by atoms with Gasteiger partial charge in [0.15, 0.2) is 0 Å². The molecule has 2 amide bonds. The molecule has 0 unspecified atom stereocenters. The molecule has 3 aromatic carbocycles. The van der Waals surface area contributed by atoms with Crippen molar-refractivity contribution in [2.75, 3.05) is 17.5 Å². The highest BCUT2D eigenvalue weighted by molar-refractivity contribution is 7.92. The minimum atomic E-state index is -4.17. The molecule has 1 N–H and O–H groups in total. The highest BCUT2D eigenvalue weighted by Crippen LogP contribution is 2.29. The zero-order valence-electron chi connectivity index (χ0n) is 23.5. The summed E-state index contributed by atoms with van der Waals surface area (Å²) >= 11 is 12.8. The van der Waals surface area contributed by atoms with Crippen molar-refractivity contribution >= 4 is 50.7 Å². The number of ether oxygens (including phenoxy) is 1. The zero-order chi connectivity index (χ0) is 30.2. The molecule has 0 saturated carbocycles. The van der Waals surface area contributed by atoms with Crippen molar-refractivity contribution in [1.82, 2.24) is 10.2 Å². The Morgan fingerprint density at radius 3 is 2.07 bits per heavy atom. The van der Waals surface area contributed by atoms with E-state index in [1.807, 2.05) is 20.8 Å². The van der Waals surface area contributed by atoms with Crippen LogP contribution in [0.15, 0.2) is 77.7 Å². The average Bonchev–Trinajstić information content (AvgIpc) is 2.96. The summed E-state index contributed by atoms with van der Waals surface area (Å²) in [4.78, 5) is 28.5. The number of hydrogen-bond acceptors (Lipinski definition) is 5. The van der Waals surface area contributed by atoms with E-state index < -0.39 is 28.5 Å². The van der Waals surface area contributed by atoms with Gasteiger partial charge >= 0.3 is 0 Å². The smallest absolute Gasteiger partial charge is 0.264 e. The molecule has 0 aliphatic rings. The molecular weight excluding hydrogens is 585 g/mol. The maximum atomic E-state index is 14.0. The zero-order valence-corrected chi connectivity index (χ0v) is 25.8. The summed E-state index contributed by atoms with van der Waals surface area (Å²) < 4.78 is 34.3. The summed E-state index contributed by atoms with van der Waals surface area (Å²) in [7, 11) is -4.17. The first-order valence-electron chi connectivity index (χ1n) is 13.3. The minimum Gasteiger partial charge on any atom is -0.494 e. The van der Waals surface area contributed by atoms with Gasteiger partial charge in [0, 0.05) is 28.2 Å². The Hall–Kier alpha value is -3.27. The normalized spacial score (nSPS) is 12.7. The first-order valence-corrected chi connectivity index (χ1v) is 15.5. The molecule has 2 atom stereocenters. The number of nitrogens with one attached hydrogen (secondary N) is 1. The van der Waals surface area contributed by atoms with Crippen molar-refractivity contribution in [3.8, 4) is 5.75 Å². The molecule has 41 heavy (non-hydrogen) atoms. The lowest BCUT2D eigenvalue weighted by atomic mass is 10.1. The summed E-state index contributed by atoms with van der Waals surface area (Å²) in [5, 5.41) is 3.54. The van der Waals surface area contributed by atoms with Gasteiger partial charge < -0.3 is 15.0 Å². The van der Waals surface area contributed by atoms with E-state index in [1.165, 1.54) is 17.0 Å². The van der Waals surface area contributed by atoms with Crippen LogP contribution in [0.25, 0.3) is 0 Å². The molecule has 0 aliphatic carbocycles. The van der Waals surface area contributed by atoms with Gasteiger partial charge in [0.25, 0.3) is 10.0 Å². The molecule has 3 rings (SSSR count). The first kappa shape index (κ1) is 32.2. The van der Waals surface area contributed by atoms with Crippen LogP contribution in [0, 0.1) is 0 Å². The lowest BCUT2D eigenvalue weighted by Crippen LogP contribution is -2.52. The summed E-state index contributed by atoms with van der Waals surface area (Å²) in [5.41, 5.74) is 0.712. The van der Waals surface area contributed by atoms with Crippen LogP contribution in [0.4, 0.5) is 5.69 Å². The number of rotatable bonds is 13. The summed E-state index contributed by atoms with van der Waals surface area (Å²) in [6.07, 6.45) is 0.698. The molecule has 0 bridgehead atoms. The lowest BCUT2D eigenvalue weighted by Gasteiger charge is -2.33. The topological polar surface area (TPSA) is 96.0 Å². The van der Waals surface area contributed by atoms with Gasteiger partial charge in [-0.05, 0) is 75.7 Å². The van der Waals surface area contributed by atoms with Crippen LogP contribution in [0.1, 0.15) is 39.7 Å². The number of sulfonamides is 1. The summed E-state index contributed by atoms with van der Waals surface area (Å²) in [6.45, 7) is 7.00. The van der Waals surface area contributed by atoms with Crippen LogP contribution in [0.5, 0.6) is 5.75 Å². The van der Waals surface area contributed by atoms with Crippen molar-refractivity contribution in [3.63, 3.8) is 0 Å². The Balaban J connectivity index is 2.05. The molecule has 0 heterocycles. The third-order valence-electron chi connectivity index (χ3n) is 6.60. The summed E-state index contributed by atoms with van der Waals surface area (Å²) in [5.74, 6) is -0.430. The van der Waals surface area contributed by atoms with Crippen molar-refractivity contribution < 1.29 is 22.7 Å². The minimum absolute atomic E-state index is 0.0185. The SMILES string of the molecule is CCOc1ccc(N(CC(=O)N(Cc2c(Cl)cccc2Cl)[C@H](C)C(=O)N[C@H](C)CC)S(=O)(=O)c2ccccc2)cc1. The number of amides is 2. The van der Waals surface area contributed by atoms with Gasteiger partial charge in [-0.1, -0.05) is 54.4 Å². The van der Waals surface area contributed by atoms with Crippen molar-refractivity contribution in [1.29, 1.82) is 0 Å². The highest BCUT2D eigenvalue weighted by atomic mass is 35.5. The molecule has 0 aliphatic heterocycles. The molecule has 0 fully saturated rings. The predicted octanol–water partition coefficient (Wildman–Crippen LogP) is 5.92. The standard InChI is InChI=1S/C30H35Cl2N3O5S/c1-5-21(3)33-30(37)22(4)34(19-26-27(31)13-10-14-28(26)32)29(36)20-35(23-15-17-24(18-16-23)40-6-2)41(38,39)25-11-8-7-9-12-25/h7-18,21-22H,5-6,19-20H2,1-4H3,(H,33,37)/t21-,22-/m1/s1. The highest BCUT2D eigenvalue weighted by Gasteiger charge is 2.33. The third-order valence-corrected chi connectivity index (χ3v) is 9.10. The number of benzene rings is 3. The number of nitrogens with zero attached hydrogens (tertiary/aromatic N) is 2. The van der Waals surface area contributed by atoms with Crippen LogP contribution < -0.4 is 14.4 Å². The number of carbonyl (C=O) groups is 2. The number of anilines is 1. The Bertz CT molecular complexity index is 1420. The molecule has 0 aromatic heterocycles. The second kappa shape index (κ2) is 14.6. The molecule has 0 spiro atoms. The van der Waals surface area contributed by atoms with Gasteiger partial charge in [0.1, 0.15) is 18.3 Å². The van der Waals surface area contributed by atoms with Crippen LogP contribution in [-0.4, -0.2) is 50.4 Å². The van der Waals surface area contributed by atoms with E-state index in [-0.39, 0.29) is 29.1 Å². The van der Waals surface area contributed by atoms with E-state index in [0.29, 0.717) is 34.4 Å². The Morgan fingerprint density at radius 1 is 0.902 bits per heavy atom. The Labute approximate surface area is 252 Å². The van der Waals surface area contributed by atoms with E-state index in [0.717, 1.165) is 4.31 Å². The fourth-order valence-corrected chi connectivity index (χ4v) is 5.98. The maximum Gasteiger partial charge on any atom is 0.264 e. The Morgan fingerprint density at radius 2 is 1.51 bits per heavy atom. The number of halogens is 2. The summed E-state index contributed by atoms with van der Waals surface area (Å²) in [6, 6.07) is 18.2. The van der Waals surface area contributed by atoms with Gasteiger partial charge in [-0.2, -0.15) is 0 Å². The van der Waals surface area contributed by atoms with Gasteiger partial charge in [0.2, 0.25) is 11.8 Å². The van der Waals surface area contributed by atoms with Gasteiger partial charge in [-0.3, -0.25) is 13.9 Å². The van der Waals surface area contributed by atoms with Crippen molar-refractivity contribution in [3.05, 3.63) is 88.4 Å². The number of hydrogen-bond donors (Lipinski definition) is 1. The second-order valence-electron chi connectivity index (χ2n) is 9.47. The lowest BCUT2D eigenvalue weighted by molar-refractivity contribution is -0.139. The van der Waals surface area contributed by atoms with E-state index >= 15 is 0 Å². The first-order chi connectivity index (χ1) is 19.5. The largest absolute Gasteiger partial charge is 0.494 e. The van der Waals surface area contributed by atoms with E-state index in [1.54, 1.807) is 67.6 Å². The van der Waals surface area contributed by atoms with Crippen LogP contribution in [0.3, 0.4) is 0 Å². The molecule has 0 saturated heterocycles. The van der Waals surface area contributed by atoms with E-state index in [2.05, 4.69) is 5.32 Å². The Kier molecular flexibility index (Phi) is 11.5. The van der Waals surface area contributed by atoms with E-state index in [9.17, 15) is 18.0 Å². The fraction of sp³-hybridized carbons (Fsp3) is 0.333. The van der Waals surface area contributed by atoms with Crippen LogP contribution in [-0.2, 0) is 26.2 Å². The van der Waals surface area contributed by atoms with Gasteiger partial charge in [-0.15, -0.1) is 0 Å². The molecule has 8 nitrogen and oxygen atoms in total. The molecular formula is C30H35Cl2N3O5S. The molecule has 0 radical (unpaired) electrons. The van der Waals surface area contributed by atoms with E-state index in [4.69, 9.17) is 27.9 Å². The average molecular weight is 621 g/mol. The quantitative estimate of drug-likeness (QED) is 0.256. The monoisotopic (exact) mass is 619 g/mol. The third kappa shape index (κ3) is 8.15. The second-order valence-corrected chi connectivity index (χ2v) is 12.1. The molecule has 220 valence electrons. The molecule has 3 aromatic rings. The van der Waals surface area contributed by atoms with Gasteiger partial charge in [-0.25, -0.2) is 8.42 Å². The van der Waals surface area contributed by atoms with Crippen molar-refractivity contribution in [2.45, 2.75) is 57.6 Å². The van der Waals surface area contributed by atoms with Gasteiger partial charge in [0.05, 0.1) is 17.2 Å².